The molecule has 0 saturated heterocycles. The van der Waals surface area contributed by atoms with Crippen LogP contribution in [0, 0.1) is 6.92 Å². The van der Waals surface area contributed by atoms with Gasteiger partial charge in [-0.05, 0) is 25.3 Å². The number of nitrogens with one attached hydrogen (secondary N) is 1. The third kappa shape index (κ3) is 3.71. The molecule has 2 heterocycles. The zero-order valence-electron chi connectivity index (χ0n) is 13.8. The molecule has 0 aliphatic heterocycles. The number of imidazole rings is 1. The Morgan fingerprint density at radius 3 is 2.83 bits per heavy atom. The smallest absolute Gasteiger partial charge is 0.269 e. The number of nitrogens with zero attached hydrogens (tertiary/aromatic N) is 3. The van der Waals surface area contributed by atoms with Crippen LogP contribution in [0.2, 0.25) is 0 Å². The number of aryl methyl sites for hydroxylation is 2. The Balaban J connectivity index is 1.75. The number of anilines is 1. The summed E-state index contributed by atoms with van der Waals surface area (Å²) in [6.45, 7) is 4.65. The van der Waals surface area contributed by atoms with Gasteiger partial charge in [-0.3, -0.25) is 10.1 Å². The maximum absolute atomic E-state index is 12.6. The van der Waals surface area contributed by atoms with Crippen molar-refractivity contribution in [2.75, 3.05) is 5.32 Å². The molecule has 124 valence electrons. The highest BCUT2D eigenvalue weighted by atomic mass is 32.1. The first-order chi connectivity index (χ1) is 11.7. The lowest BCUT2D eigenvalue weighted by Crippen LogP contribution is -2.16. The summed E-state index contributed by atoms with van der Waals surface area (Å²) in [7, 11) is 0. The molecule has 1 aromatic carbocycles. The van der Waals surface area contributed by atoms with Gasteiger partial charge in [0.05, 0.1) is 17.2 Å². The van der Waals surface area contributed by atoms with E-state index in [0.717, 1.165) is 29.1 Å². The molecular weight excluding hydrogens is 320 g/mol. The van der Waals surface area contributed by atoms with E-state index in [1.807, 2.05) is 35.9 Å². The van der Waals surface area contributed by atoms with Crippen molar-refractivity contribution in [2.45, 2.75) is 33.2 Å². The first-order valence-corrected chi connectivity index (χ1v) is 8.81. The summed E-state index contributed by atoms with van der Waals surface area (Å²) in [6, 6.07) is 10.1. The van der Waals surface area contributed by atoms with Crippen LogP contribution in [0.25, 0.3) is 0 Å². The zero-order chi connectivity index (χ0) is 16.9. The van der Waals surface area contributed by atoms with Crippen LogP contribution in [0.15, 0.2) is 42.7 Å². The number of amides is 1. The lowest BCUT2D eigenvalue weighted by Gasteiger charge is -2.08. The van der Waals surface area contributed by atoms with Crippen molar-refractivity contribution >= 4 is 23.2 Å². The Hall–Kier alpha value is -2.47. The normalized spacial score (nSPS) is 10.8. The lowest BCUT2D eigenvalue weighted by molar-refractivity contribution is 0.102. The summed E-state index contributed by atoms with van der Waals surface area (Å²) in [5.74, 6) is 0.404. The summed E-state index contributed by atoms with van der Waals surface area (Å²) < 4.78 is 1.93. The number of benzene rings is 1. The van der Waals surface area contributed by atoms with Crippen LogP contribution in [0.1, 0.15) is 39.3 Å². The number of thiazole rings is 1. The highest BCUT2D eigenvalue weighted by molar-refractivity contribution is 7.13. The molecule has 0 aliphatic rings. The van der Waals surface area contributed by atoms with Crippen LogP contribution >= 0.6 is 11.3 Å². The molecule has 0 spiro atoms. The second-order valence-corrected chi connectivity index (χ2v) is 6.67. The van der Waals surface area contributed by atoms with Crippen molar-refractivity contribution in [1.29, 1.82) is 0 Å². The Morgan fingerprint density at radius 1 is 1.29 bits per heavy atom. The van der Waals surface area contributed by atoms with Crippen molar-refractivity contribution < 1.29 is 4.79 Å². The van der Waals surface area contributed by atoms with Gasteiger partial charge < -0.3 is 4.57 Å². The number of carbonyl (C=O) groups excluding carboxylic acids is 1. The van der Waals surface area contributed by atoms with Crippen LogP contribution in [-0.2, 0) is 13.0 Å². The van der Waals surface area contributed by atoms with Crippen molar-refractivity contribution in [1.82, 2.24) is 14.5 Å². The number of aromatic nitrogens is 3. The van der Waals surface area contributed by atoms with Gasteiger partial charge in [0.15, 0.2) is 0 Å². The average molecular weight is 340 g/mol. The van der Waals surface area contributed by atoms with Crippen LogP contribution in [-0.4, -0.2) is 20.4 Å². The van der Waals surface area contributed by atoms with E-state index in [1.54, 1.807) is 6.20 Å². The minimum atomic E-state index is -0.145. The summed E-state index contributed by atoms with van der Waals surface area (Å²) >= 11 is 1.46. The minimum absolute atomic E-state index is 0.145. The van der Waals surface area contributed by atoms with E-state index < -0.39 is 0 Å². The second kappa shape index (κ2) is 7.40. The summed E-state index contributed by atoms with van der Waals surface area (Å²) in [4.78, 5) is 22.0. The van der Waals surface area contributed by atoms with Crippen molar-refractivity contribution in [3.8, 4) is 0 Å². The Kier molecular flexibility index (Phi) is 5.05. The van der Waals surface area contributed by atoms with E-state index in [1.165, 1.54) is 11.3 Å². The number of rotatable bonds is 6. The van der Waals surface area contributed by atoms with Gasteiger partial charge in [-0.25, -0.2) is 9.97 Å². The van der Waals surface area contributed by atoms with Gasteiger partial charge in [-0.2, -0.15) is 0 Å². The predicted molar refractivity (Wildman–Crippen MR) is 96.6 cm³/mol. The van der Waals surface area contributed by atoms with E-state index in [9.17, 15) is 4.79 Å². The quantitative estimate of drug-likeness (QED) is 0.740. The van der Waals surface area contributed by atoms with Crippen molar-refractivity contribution in [2.24, 2.45) is 0 Å². The maximum atomic E-state index is 12.6. The van der Waals surface area contributed by atoms with Gasteiger partial charge >= 0.3 is 0 Å². The largest absolute Gasteiger partial charge is 0.313 e. The minimum Gasteiger partial charge on any atom is -0.313 e. The first-order valence-electron chi connectivity index (χ1n) is 8.00. The molecule has 2 aromatic heterocycles. The molecule has 0 unspecified atom stereocenters. The Labute approximate surface area is 145 Å². The molecule has 1 N–H and O–H groups in total. The fourth-order valence-electron chi connectivity index (χ4n) is 2.48. The predicted octanol–water partition coefficient (Wildman–Crippen LogP) is 3.90. The van der Waals surface area contributed by atoms with E-state index in [-0.39, 0.29) is 5.91 Å². The van der Waals surface area contributed by atoms with Gasteiger partial charge in [0.25, 0.3) is 5.91 Å². The van der Waals surface area contributed by atoms with Gasteiger partial charge in [-0.15, -0.1) is 11.3 Å². The molecule has 5 nitrogen and oxygen atoms in total. The number of hydrogen-bond donors (Lipinski definition) is 1. The van der Waals surface area contributed by atoms with Crippen molar-refractivity contribution in [3.05, 3.63) is 63.9 Å². The van der Waals surface area contributed by atoms with Gasteiger partial charge in [0, 0.05) is 12.4 Å². The van der Waals surface area contributed by atoms with Gasteiger partial charge in [0.1, 0.15) is 4.88 Å². The summed E-state index contributed by atoms with van der Waals surface area (Å²) in [5, 5.41) is 3.91. The molecular formula is C18H20N4OS. The molecule has 0 fully saturated rings. The van der Waals surface area contributed by atoms with Crippen LogP contribution < -0.4 is 5.32 Å². The SMILES string of the molecule is CCCc1nc(C)c(C(=O)Nc2nccn2Cc2ccccc2)s1. The molecule has 3 rings (SSSR count). The molecule has 3 aromatic rings. The molecule has 0 bridgehead atoms. The fraction of sp³-hybridized carbons (Fsp3) is 0.278. The average Bonchev–Trinajstić information content (AvgIpc) is 3.15. The first kappa shape index (κ1) is 16.4. The molecule has 0 atom stereocenters. The molecule has 0 aliphatic carbocycles. The standard InChI is InChI=1S/C18H20N4OS/c1-3-7-15-20-13(2)16(24-15)17(23)21-18-19-10-11-22(18)12-14-8-5-4-6-9-14/h4-6,8-11H,3,7,12H2,1-2H3,(H,19,21,23). The molecule has 0 saturated carbocycles. The summed E-state index contributed by atoms with van der Waals surface area (Å²) in [6.07, 6.45) is 5.49. The highest BCUT2D eigenvalue weighted by Crippen LogP contribution is 2.21. The van der Waals surface area contributed by atoms with Crippen LogP contribution in [0.4, 0.5) is 5.95 Å². The topological polar surface area (TPSA) is 59.8 Å². The number of carbonyl (C=O) groups is 1. The highest BCUT2D eigenvalue weighted by Gasteiger charge is 2.17. The van der Waals surface area contributed by atoms with E-state index in [0.29, 0.717) is 17.4 Å². The Morgan fingerprint density at radius 2 is 2.08 bits per heavy atom. The zero-order valence-corrected chi connectivity index (χ0v) is 14.6. The van der Waals surface area contributed by atoms with Crippen LogP contribution in [0.3, 0.4) is 0 Å². The lowest BCUT2D eigenvalue weighted by atomic mass is 10.2. The molecule has 1 amide bonds. The third-order valence-electron chi connectivity index (χ3n) is 3.65. The van der Waals surface area contributed by atoms with E-state index in [2.05, 4.69) is 34.3 Å². The van der Waals surface area contributed by atoms with Crippen molar-refractivity contribution in [3.63, 3.8) is 0 Å². The third-order valence-corrected chi connectivity index (χ3v) is 4.86. The monoisotopic (exact) mass is 340 g/mol. The Bertz CT molecular complexity index is 823. The molecule has 24 heavy (non-hydrogen) atoms. The summed E-state index contributed by atoms with van der Waals surface area (Å²) in [5.41, 5.74) is 1.94. The van der Waals surface area contributed by atoms with Gasteiger partial charge in [-0.1, -0.05) is 37.3 Å². The molecule has 6 heteroatoms. The van der Waals surface area contributed by atoms with E-state index in [4.69, 9.17) is 0 Å². The second-order valence-electron chi connectivity index (χ2n) is 5.59. The maximum Gasteiger partial charge on any atom is 0.269 e. The fourth-order valence-corrected chi connectivity index (χ4v) is 3.54. The molecule has 0 radical (unpaired) electrons. The van der Waals surface area contributed by atoms with Gasteiger partial charge in [0.2, 0.25) is 5.95 Å². The number of hydrogen-bond acceptors (Lipinski definition) is 4. The van der Waals surface area contributed by atoms with Crippen LogP contribution in [0.5, 0.6) is 0 Å². The van der Waals surface area contributed by atoms with E-state index >= 15 is 0 Å².